The second-order valence-corrected chi connectivity index (χ2v) is 10.3. The van der Waals surface area contributed by atoms with E-state index < -0.39 is 16.1 Å². The molecule has 5 nitrogen and oxygen atoms in total. The van der Waals surface area contributed by atoms with Gasteiger partial charge in [0, 0.05) is 17.6 Å². The number of hydrogen-bond acceptors (Lipinski definition) is 3. The molecule has 0 aliphatic carbocycles. The molecule has 0 N–H and O–H groups in total. The zero-order chi connectivity index (χ0) is 22.9. The maximum absolute atomic E-state index is 13.9. The van der Waals surface area contributed by atoms with E-state index in [9.17, 15) is 13.2 Å². The number of sulfonamides is 1. The number of carbonyl (C=O) groups is 1. The average molecular weight is 449 g/mol. The van der Waals surface area contributed by atoms with Crippen molar-refractivity contribution in [2.45, 2.75) is 44.2 Å². The predicted octanol–water partition coefficient (Wildman–Crippen LogP) is 5.40. The summed E-state index contributed by atoms with van der Waals surface area (Å²) < 4.78 is 29.4. The van der Waals surface area contributed by atoms with Crippen LogP contribution in [0.15, 0.2) is 89.8 Å². The lowest BCUT2D eigenvalue weighted by atomic mass is 9.90. The van der Waals surface area contributed by atoms with Crippen molar-refractivity contribution in [3.05, 3.63) is 90.5 Å². The van der Waals surface area contributed by atoms with Gasteiger partial charge in [0.2, 0.25) is 5.91 Å². The van der Waals surface area contributed by atoms with Crippen molar-refractivity contribution >= 4 is 27.3 Å². The molecular formula is C26H28N2O3S. The highest BCUT2D eigenvalue weighted by molar-refractivity contribution is 7.92. The highest BCUT2D eigenvalue weighted by Gasteiger charge is 2.41. The molecule has 1 aliphatic rings. The Morgan fingerprint density at radius 3 is 2.09 bits per heavy atom. The maximum Gasteiger partial charge on any atom is 0.264 e. The Balaban J connectivity index is 1.90. The third-order valence-corrected chi connectivity index (χ3v) is 7.74. The van der Waals surface area contributed by atoms with Gasteiger partial charge in [0.15, 0.2) is 0 Å². The minimum Gasteiger partial charge on any atom is -0.309 e. The fourth-order valence-electron chi connectivity index (χ4n) is 4.38. The minimum atomic E-state index is -3.84. The van der Waals surface area contributed by atoms with E-state index in [1.807, 2.05) is 80.3 Å². The van der Waals surface area contributed by atoms with E-state index >= 15 is 0 Å². The smallest absolute Gasteiger partial charge is 0.264 e. The van der Waals surface area contributed by atoms with Gasteiger partial charge in [0.05, 0.1) is 16.6 Å². The number of carbonyl (C=O) groups excluding carboxylic acids is 1. The Kier molecular flexibility index (Phi) is 6.07. The lowest BCUT2D eigenvalue weighted by Gasteiger charge is -2.44. The van der Waals surface area contributed by atoms with Crippen molar-refractivity contribution in [3.63, 3.8) is 0 Å². The summed E-state index contributed by atoms with van der Waals surface area (Å²) in [6, 6.07) is 24.8. The van der Waals surface area contributed by atoms with Gasteiger partial charge in [0.1, 0.15) is 0 Å². The van der Waals surface area contributed by atoms with Crippen molar-refractivity contribution in [3.8, 4) is 0 Å². The van der Waals surface area contributed by atoms with E-state index in [1.54, 1.807) is 30.3 Å². The quantitative estimate of drug-likeness (QED) is 0.525. The van der Waals surface area contributed by atoms with Gasteiger partial charge < -0.3 is 4.90 Å². The highest BCUT2D eigenvalue weighted by Crippen LogP contribution is 2.44. The lowest BCUT2D eigenvalue weighted by molar-refractivity contribution is -0.122. The minimum absolute atomic E-state index is 0.0422. The van der Waals surface area contributed by atoms with Crippen molar-refractivity contribution in [2.75, 3.05) is 9.21 Å². The number of hydrogen-bond donors (Lipinski definition) is 0. The van der Waals surface area contributed by atoms with Gasteiger partial charge in [-0.15, -0.1) is 0 Å². The van der Waals surface area contributed by atoms with Crippen molar-refractivity contribution in [1.29, 1.82) is 0 Å². The first-order valence-corrected chi connectivity index (χ1v) is 12.3. The van der Waals surface area contributed by atoms with Gasteiger partial charge in [-0.2, -0.15) is 0 Å². The first-order valence-electron chi connectivity index (χ1n) is 10.9. The molecular weight excluding hydrogens is 420 g/mol. The van der Waals surface area contributed by atoms with Crippen LogP contribution in [0.5, 0.6) is 0 Å². The number of nitrogens with zero attached hydrogens (tertiary/aromatic N) is 2. The number of para-hydroxylation sites is 2. The number of amides is 1. The molecule has 0 saturated heterocycles. The monoisotopic (exact) mass is 448 g/mol. The van der Waals surface area contributed by atoms with Crippen LogP contribution in [-0.4, -0.2) is 20.4 Å². The molecule has 4 rings (SSSR count). The second-order valence-electron chi connectivity index (χ2n) is 8.47. The fourth-order valence-corrected chi connectivity index (χ4v) is 6.05. The summed E-state index contributed by atoms with van der Waals surface area (Å²) in [4.78, 5) is 15.1. The summed E-state index contributed by atoms with van der Waals surface area (Å²) in [5, 5.41) is 0. The molecule has 0 radical (unpaired) electrons. The van der Waals surface area contributed by atoms with Gasteiger partial charge >= 0.3 is 0 Å². The number of fused-ring (bicyclic) bond motifs is 1. The number of benzene rings is 3. The van der Waals surface area contributed by atoms with Crippen LogP contribution >= 0.6 is 0 Å². The maximum atomic E-state index is 13.9. The Hall–Kier alpha value is -3.12. The Morgan fingerprint density at radius 1 is 0.906 bits per heavy atom. The third-order valence-electron chi connectivity index (χ3n) is 5.89. The molecule has 1 amide bonds. The van der Waals surface area contributed by atoms with Gasteiger partial charge in [-0.05, 0) is 49.2 Å². The Labute approximate surface area is 190 Å². The molecule has 0 fully saturated rings. The largest absolute Gasteiger partial charge is 0.309 e. The van der Waals surface area contributed by atoms with E-state index in [0.29, 0.717) is 12.1 Å². The van der Waals surface area contributed by atoms with Gasteiger partial charge in [-0.1, -0.05) is 68.4 Å². The van der Waals surface area contributed by atoms with Crippen LogP contribution < -0.4 is 9.21 Å². The van der Waals surface area contributed by atoms with E-state index in [2.05, 4.69) is 0 Å². The van der Waals surface area contributed by atoms with Crippen LogP contribution in [0.3, 0.4) is 0 Å². The van der Waals surface area contributed by atoms with Gasteiger partial charge in [0.25, 0.3) is 10.0 Å². The zero-order valence-corrected chi connectivity index (χ0v) is 19.4. The molecule has 3 aromatic rings. The predicted molar refractivity (Wildman–Crippen MR) is 128 cm³/mol. The summed E-state index contributed by atoms with van der Waals surface area (Å²) in [6.45, 7) is 5.77. The first-order chi connectivity index (χ1) is 15.3. The molecule has 1 aliphatic heterocycles. The van der Waals surface area contributed by atoms with Crippen molar-refractivity contribution < 1.29 is 13.2 Å². The van der Waals surface area contributed by atoms with E-state index in [-0.39, 0.29) is 22.8 Å². The lowest BCUT2D eigenvalue weighted by Crippen LogP contribution is -2.49. The molecule has 0 unspecified atom stereocenters. The summed E-state index contributed by atoms with van der Waals surface area (Å²) >= 11 is 0. The number of rotatable bonds is 5. The van der Waals surface area contributed by atoms with Crippen LogP contribution in [0.25, 0.3) is 0 Å². The van der Waals surface area contributed by atoms with E-state index in [4.69, 9.17) is 0 Å². The molecule has 0 aromatic heterocycles. The average Bonchev–Trinajstić information content (AvgIpc) is 2.80. The topological polar surface area (TPSA) is 57.7 Å². The second kappa shape index (κ2) is 8.79. The Morgan fingerprint density at radius 2 is 1.47 bits per heavy atom. The fraction of sp³-hybridized carbons (Fsp3) is 0.269. The molecule has 32 heavy (non-hydrogen) atoms. The first kappa shape index (κ1) is 22.1. The molecule has 0 saturated carbocycles. The molecule has 2 atom stereocenters. The number of anilines is 2. The summed E-state index contributed by atoms with van der Waals surface area (Å²) in [6.07, 6.45) is 0.496. The Bertz CT molecular complexity index is 1190. The molecule has 3 aromatic carbocycles. The molecule has 1 heterocycles. The van der Waals surface area contributed by atoms with Crippen LogP contribution in [0.1, 0.15) is 38.8 Å². The third kappa shape index (κ3) is 3.91. The van der Waals surface area contributed by atoms with Crippen LogP contribution in [0, 0.1) is 5.92 Å². The summed E-state index contributed by atoms with van der Waals surface area (Å²) in [7, 11) is -3.84. The van der Waals surface area contributed by atoms with E-state index in [0.717, 1.165) is 11.3 Å². The van der Waals surface area contributed by atoms with Crippen LogP contribution in [0.2, 0.25) is 0 Å². The van der Waals surface area contributed by atoms with Crippen LogP contribution in [0.4, 0.5) is 11.4 Å². The van der Waals surface area contributed by atoms with Crippen molar-refractivity contribution in [1.82, 2.24) is 0 Å². The van der Waals surface area contributed by atoms with Gasteiger partial charge in [-0.25, -0.2) is 8.42 Å². The van der Waals surface area contributed by atoms with Gasteiger partial charge in [-0.3, -0.25) is 9.10 Å². The molecule has 6 heteroatoms. The highest BCUT2D eigenvalue weighted by atomic mass is 32.2. The summed E-state index contributed by atoms with van der Waals surface area (Å²) in [5.74, 6) is -0.110. The van der Waals surface area contributed by atoms with Crippen LogP contribution in [-0.2, 0) is 14.8 Å². The normalized spacial score (nSPS) is 18.3. The van der Waals surface area contributed by atoms with Crippen molar-refractivity contribution in [2.24, 2.45) is 5.92 Å². The standard InChI is InChI=1S/C26H28N2O3S/c1-19(2)26(29)27-20(3)18-25(23-16-10-11-17-24(23)27)28(21-12-6-4-7-13-21)32(30,31)22-14-8-5-9-15-22/h4-17,19-20,25H,18H2,1-3H3/t20-,25+/m0/s1. The SMILES string of the molecule is CC(C)C(=O)N1c2ccccc2[C@H](N(c2ccccc2)S(=O)(=O)c2ccccc2)C[C@@H]1C. The molecule has 0 spiro atoms. The van der Waals surface area contributed by atoms with E-state index in [1.165, 1.54) is 4.31 Å². The summed E-state index contributed by atoms with van der Waals surface area (Å²) in [5.41, 5.74) is 2.22. The molecule has 0 bridgehead atoms. The zero-order valence-electron chi connectivity index (χ0n) is 18.5. The molecule has 166 valence electrons.